The molecule has 19 heavy (non-hydrogen) atoms. The Morgan fingerprint density at radius 2 is 1.95 bits per heavy atom. The van der Waals surface area contributed by atoms with Crippen LogP contribution in [0.25, 0.3) is 0 Å². The van der Waals surface area contributed by atoms with Crippen LogP contribution in [0.15, 0.2) is 18.2 Å². The van der Waals surface area contributed by atoms with E-state index >= 15 is 0 Å². The molecule has 1 aromatic rings. The molecule has 0 aliphatic heterocycles. The van der Waals surface area contributed by atoms with Gasteiger partial charge in [-0.2, -0.15) is 0 Å². The second-order valence-corrected chi connectivity index (χ2v) is 5.63. The number of benzene rings is 1. The Labute approximate surface area is 119 Å². The summed E-state index contributed by atoms with van der Waals surface area (Å²) in [5, 5.41) is 0. The summed E-state index contributed by atoms with van der Waals surface area (Å²) in [5.41, 5.74) is 10.2. The predicted octanol–water partition coefficient (Wildman–Crippen LogP) is 3.90. The summed E-state index contributed by atoms with van der Waals surface area (Å²) in [6.07, 6.45) is 5.86. The number of aryl methyl sites for hydroxylation is 1. The van der Waals surface area contributed by atoms with Crippen LogP contribution in [0, 0.1) is 6.92 Å². The van der Waals surface area contributed by atoms with E-state index in [-0.39, 0.29) is 6.04 Å². The van der Waals surface area contributed by atoms with Gasteiger partial charge in [0.25, 0.3) is 0 Å². The van der Waals surface area contributed by atoms with Gasteiger partial charge in [0.05, 0.1) is 0 Å². The first-order valence-electron chi connectivity index (χ1n) is 7.64. The maximum Gasteiger partial charge on any atom is 0.0396 e. The molecule has 1 unspecified atom stereocenters. The Balaban J connectivity index is 2.80. The maximum absolute atomic E-state index is 6.13. The van der Waals surface area contributed by atoms with Crippen molar-refractivity contribution in [1.29, 1.82) is 0 Å². The molecule has 108 valence electrons. The summed E-state index contributed by atoms with van der Waals surface area (Å²) >= 11 is 0. The Hall–Kier alpha value is -1.02. The maximum atomic E-state index is 6.13. The average molecular weight is 262 g/mol. The average Bonchev–Trinajstić information content (AvgIpc) is 2.38. The van der Waals surface area contributed by atoms with E-state index < -0.39 is 0 Å². The number of anilines is 1. The second kappa shape index (κ2) is 8.21. The van der Waals surface area contributed by atoms with Crippen molar-refractivity contribution < 1.29 is 0 Å². The van der Waals surface area contributed by atoms with Crippen molar-refractivity contribution in [3.63, 3.8) is 0 Å². The number of hydrogen-bond donors (Lipinski definition) is 1. The third-order valence-electron chi connectivity index (χ3n) is 3.75. The van der Waals surface area contributed by atoms with Gasteiger partial charge in [-0.05, 0) is 37.8 Å². The molecule has 0 aliphatic carbocycles. The van der Waals surface area contributed by atoms with E-state index in [1.807, 2.05) is 0 Å². The summed E-state index contributed by atoms with van der Waals surface area (Å²) in [5.74, 6) is 0. The fourth-order valence-corrected chi connectivity index (χ4v) is 2.40. The van der Waals surface area contributed by atoms with E-state index in [2.05, 4.69) is 50.9 Å². The molecule has 0 amide bonds. The highest BCUT2D eigenvalue weighted by atomic mass is 15.1. The van der Waals surface area contributed by atoms with Gasteiger partial charge in [-0.15, -0.1) is 0 Å². The minimum atomic E-state index is 0.268. The molecular formula is C17H30N2. The highest BCUT2D eigenvalue weighted by Gasteiger charge is 2.10. The third-order valence-corrected chi connectivity index (χ3v) is 3.75. The molecule has 0 saturated heterocycles. The van der Waals surface area contributed by atoms with Crippen molar-refractivity contribution in [1.82, 2.24) is 0 Å². The summed E-state index contributed by atoms with van der Waals surface area (Å²) in [6.45, 7) is 7.69. The van der Waals surface area contributed by atoms with E-state index in [1.54, 1.807) is 0 Å². The van der Waals surface area contributed by atoms with E-state index in [1.165, 1.54) is 36.1 Å². The van der Waals surface area contributed by atoms with Crippen molar-refractivity contribution >= 4 is 5.69 Å². The largest absolute Gasteiger partial charge is 0.374 e. The molecule has 0 heterocycles. The smallest absolute Gasteiger partial charge is 0.0396 e. The predicted molar refractivity (Wildman–Crippen MR) is 85.9 cm³/mol. The van der Waals surface area contributed by atoms with Crippen molar-refractivity contribution in [2.24, 2.45) is 5.73 Å². The molecule has 0 radical (unpaired) electrons. The summed E-state index contributed by atoms with van der Waals surface area (Å²) in [7, 11) is 2.20. The van der Waals surface area contributed by atoms with Crippen LogP contribution in [0.2, 0.25) is 0 Å². The highest BCUT2D eigenvalue weighted by Crippen LogP contribution is 2.23. The number of hydrogen-bond acceptors (Lipinski definition) is 2. The van der Waals surface area contributed by atoms with Crippen LogP contribution in [0.4, 0.5) is 5.69 Å². The van der Waals surface area contributed by atoms with E-state index in [9.17, 15) is 0 Å². The first kappa shape index (κ1) is 16.0. The van der Waals surface area contributed by atoms with Gasteiger partial charge < -0.3 is 10.6 Å². The van der Waals surface area contributed by atoms with Crippen molar-refractivity contribution in [2.45, 2.75) is 58.9 Å². The minimum absolute atomic E-state index is 0.268. The van der Waals surface area contributed by atoms with Crippen LogP contribution >= 0.6 is 0 Å². The van der Waals surface area contributed by atoms with Crippen molar-refractivity contribution in [2.75, 3.05) is 18.5 Å². The van der Waals surface area contributed by atoms with Gasteiger partial charge in [0.2, 0.25) is 0 Å². The second-order valence-electron chi connectivity index (χ2n) is 5.63. The molecule has 2 N–H and O–H groups in total. The lowest BCUT2D eigenvalue weighted by Crippen LogP contribution is -2.25. The van der Waals surface area contributed by atoms with Crippen molar-refractivity contribution in [3.8, 4) is 0 Å². The first-order valence-corrected chi connectivity index (χ1v) is 7.64. The zero-order valence-corrected chi connectivity index (χ0v) is 13.1. The van der Waals surface area contributed by atoms with E-state index in [0.29, 0.717) is 0 Å². The lowest BCUT2D eigenvalue weighted by molar-refractivity contribution is 0.643. The monoisotopic (exact) mass is 262 g/mol. The quantitative estimate of drug-likeness (QED) is 0.720. The summed E-state index contributed by atoms with van der Waals surface area (Å²) < 4.78 is 0. The SMILES string of the molecule is CCCCCN(C)c1ccc(C)cc1CC(N)CC. The Bertz CT molecular complexity index is 374. The fourth-order valence-electron chi connectivity index (χ4n) is 2.40. The molecule has 0 fully saturated rings. The zero-order chi connectivity index (χ0) is 14.3. The van der Waals surface area contributed by atoms with Crippen LogP contribution in [-0.4, -0.2) is 19.6 Å². The Kier molecular flexibility index (Phi) is 6.93. The number of nitrogens with two attached hydrogens (primary N) is 1. The standard InChI is InChI=1S/C17H30N2/c1-5-7-8-11-19(4)17-10-9-14(3)12-15(17)13-16(18)6-2/h9-10,12,16H,5-8,11,13,18H2,1-4H3. The molecule has 2 nitrogen and oxygen atoms in total. The van der Waals surface area contributed by atoms with E-state index in [4.69, 9.17) is 5.73 Å². The molecule has 0 aliphatic rings. The molecule has 1 atom stereocenters. The molecule has 0 saturated carbocycles. The van der Waals surface area contributed by atoms with Crippen LogP contribution in [-0.2, 0) is 6.42 Å². The summed E-state index contributed by atoms with van der Waals surface area (Å²) in [6, 6.07) is 7.01. The van der Waals surface area contributed by atoms with Gasteiger partial charge in [-0.3, -0.25) is 0 Å². The number of nitrogens with zero attached hydrogens (tertiary/aromatic N) is 1. The molecule has 0 bridgehead atoms. The molecular weight excluding hydrogens is 232 g/mol. The minimum Gasteiger partial charge on any atom is -0.374 e. The normalized spacial score (nSPS) is 12.5. The van der Waals surface area contributed by atoms with Gasteiger partial charge in [0.15, 0.2) is 0 Å². The van der Waals surface area contributed by atoms with Gasteiger partial charge in [-0.1, -0.05) is 44.4 Å². The van der Waals surface area contributed by atoms with Gasteiger partial charge >= 0.3 is 0 Å². The molecule has 1 aromatic carbocycles. The lowest BCUT2D eigenvalue weighted by atomic mass is 10.00. The van der Waals surface area contributed by atoms with Gasteiger partial charge in [0, 0.05) is 25.3 Å². The number of unbranched alkanes of at least 4 members (excludes halogenated alkanes) is 2. The first-order chi connectivity index (χ1) is 9.08. The summed E-state index contributed by atoms with van der Waals surface area (Å²) in [4.78, 5) is 2.38. The fraction of sp³-hybridized carbons (Fsp3) is 0.647. The van der Waals surface area contributed by atoms with Gasteiger partial charge in [-0.25, -0.2) is 0 Å². The van der Waals surface area contributed by atoms with Crippen LogP contribution in [0.5, 0.6) is 0 Å². The molecule has 0 spiro atoms. The molecule has 2 heteroatoms. The van der Waals surface area contributed by atoms with Crippen LogP contribution in [0.3, 0.4) is 0 Å². The van der Waals surface area contributed by atoms with E-state index in [0.717, 1.165) is 19.4 Å². The van der Waals surface area contributed by atoms with Crippen LogP contribution in [0.1, 0.15) is 50.7 Å². The molecule has 0 aromatic heterocycles. The Morgan fingerprint density at radius 1 is 1.21 bits per heavy atom. The topological polar surface area (TPSA) is 29.3 Å². The Morgan fingerprint density at radius 3 is 2.58 bits per heavy atom. The zero-order valence-electron chi connectivity index (χ0n) is 13.1. The van der Waals surface area contributed by atoms with Gasteiger partial charge in [0.1, 0.15) is 0 Å². The van der Waals surface area contributed by atoms with Crippen LogP contribution < -0.4 is 10.6 Å². The molecule has 1 rings (SSSR count). The number of rotatable bonds is 8. The highest BCUT2D eigenvalue weighted by molar-refractivity contribution is 5.54. The van der Waals surface area contributed by atoms with Crippen molar-refractivity contribution in [3.05, 3.63) is 29.3 Å². The third kappa shape index (κ3) is 5.23. The lowest BCUT2D eigenvalue weighted by Gasteiger charge is -2.24.